The zero-order valence-electron chi connectivity index (χ0n) is 20.7. The Hall–Kier alpha value is -3.04. The number of carboxylic acid groups (broad SMARTS) is 1. The highest BCUT2D eigenvalue weighted by Crippen LogP contribution is 2.29. The van der Waals surface area contributed by atoms with Crippen LogP contribution in [-0.2, 0) is 16.0 Å². The molecule has 35 heavy (non-hydrogen) atoms. The molecule has 1 aromatic carbocycles. The molecule has 8 nitrogen and oxygen atoms in total. The minimum atomic E-state index is -1.23. The molecule has 0 saturated carbocycles. The van der Waals surface area contributed by atoms with Crippen molar-refractivity contribution in [2.75, 3.05) is 6.54 Å². The standard InChI is InChI=1S/C26H34N4O4S/c1-5-18(6-2)30-22-10-9-17(13-21(22)28-23(30)14-19-8-7-11-35-19)25(33)20(12-16(3)4)26(34)29(27)15-24(31)32/h7-11,13,16,18,20H,5-6,12,14-15,27H2,1-4H3,(H,31,32)/t20-/m0/s1. The Morgan fingerprint density at radius 3 is 2.46 bits per heavy atom. The van der Waals surface area contributed by atoms with Gasteiger partial charge in [-0.25, -0.2) is 10.8 Å². The molecule has 0 unspecified atom stereocenters. The van der Waals surface area contributed by atoms with Gasteiger partial charge in [0.25, 0.3) is 0 Å². The van der Waals surface area contributed by atoms with Gasteiger partial charge in [-0.1, -0.05) is 33.8 Å². The molecule has 0 aliphatic carbocycles. The van der Waals surface area contributed by atoms with Crippen molar-refractivity contribution in [3.63, 3.8) is 0 Å². The maximum atomic E-state index is 13.5. The highest BCUT2D eigenvalue weighted by molar-refractivity contribution is 7.09. The van der Waals surface area contributed by atoms with Gasteiger partial charge < -0.3 is 9.67 Å². The number of carbonyl (C=O) groups is 3. The predicted octanol–water partition coefficient (Wildman–Crippen LogP) is 4.68. The molecular formula is C26H34N4O4S. The molecular weight excluding hydrogens is 464 g/mol. The van der Waals surface area contributed by atoms with Crippen LogP contribution in [0.4, 0.5) is 0 Å². The number of thiophene rings is 1. The second kappa shape index (κ2) is 11.6. The van der Waals surface area contributed by atoms with Crippen LogP contribution in [0.5, 0.6) is 0 Å². The van der Waals surface area contributed by atoms with Crippen molar-refractivity contribution in [3.05, 3.63) is 52.0 Å². The largest absolute Gasteiger partial charge is 0.480 e. The minimum Gasteiger partial charge on any atom is -0.480 e. The fourth-order valence-corrected chi connectivity index (χ4v) is 5.17. The number of hydrogen-bond acceptors (Lipinski definition) is 6. The Kier molecular flexibility index (Phi) is 8.80. The zero-order chi connectivity index (χ0) is 25.7. The third-order valence-electron chi connectivity index (χ3n) is 6.18. The van der Waals surface area contributed by atoms with E-state index in [0.29, 0.717) is 22.5 Å². The molecule has 9 heteroatoms. The fraction of sp³-hybridized carbons (Fsp3) is 0.462. The normalized spacial score (nSPS) is 12.4. The lowest BCUT2D eigenvalue weighted by atomic mass is 9.88. The first kappa shape index (κ1) is 26.6. The molecule has 0 aliphatic rings. The SMILES string of the molecule is CCC(CC)n1c(Cc2cccs2)nc2cc(C(=O)[C@H](CC(C)C)C(=O)N(N)CC(=O)O)ccc21. The van der Waals surface area contributed by atoms with Gasteiger partial charge >= 0.3 is 5.97 Å². The van der Waals surface area contributed by atoms with Crippen LogP contribution >= 0.6 is 11.3 Å². The summed E-state index contributed by atoms with van der Waals surface area (Å²) in [6.45, 7) is 7.47. The summed E-state index contributed by atoms with van der Waals surface area (Å²) < 4.78 is 2.27. The van der Waals surface area contributed by atoms with Gasteiger partial charge in [-0.05, 0) is 54.8 Å². The van der Waals surface area contributed by atoms with Crippen LogP contribution < -0.4 is 5.84 Å². The van der Waals surface area contributed by atoms with Gasteiger partial charge in [-0.15, -0.1) is 11.3 Å². The van der Waals surface area contributed by atoms with E-state index in [9.17, 15) is 14.4 Å². The summed E-state index contributed by atoms with van der Waals surface area (Å²) in [5.41, 5.74) is 2.04. The molecule has 0 bridgehead atoms. The Bertz CT molecular complexity index is 1180. The van der Waals surface area contributed by atoms with Gasteiger partial charge in [0.15, 0.2) is 5.78 Å². The van der Waals surface area contributed by atoms with Crippen LogP contribution in [0.1, 0.15) is 74.1 Å². The molecule has 0 radical (unpaired) electrons. The van der Waals surface area contributed by atoms with E-state index in [-0.39, 0.29) is 24.2 Å². The number of ketones is 1. The monoisotopic (exact) mass is 498 g/mol. The number of nitrogens with zero attached hydrogens (tertiary/aromatic N) is 3. The van der Waals surface area contributed by atoms with E-state index in [1.54, 1.807) is 23.5 Å². The molecule has 0 spiro atoms. The smallest absolute Gasteiger partial charge is 0.324 e. The first-order valence-electron chi connectivity index (χ1n) is 12.0. The van der Waals surface area contributed by atoms with Gasteiger partial charge in [0, 0.05) is 22.9 Å². The molecule has 2 aromatic heterocycles. The molecule has 0 fully saturated rings. The number of fused-ring (bicyclic) bond motifs is 1. The number of amides is 1. The Labute approximate surface area is 209 Å². The van der Waals surface area contributed by atoms with Crippen LogP contribution in [-0.4, -0.2) is 43.9 Å². The topological polar surface area (TPSA) is 119 Å². The van der Waals surface area contributed by atoms with Crippen LogP contribution in [0.15, 0.2) is 35.7 Å². The van der Waals surface area contributed by atoms with E-state index in [0.717, 1.165) is 24.2 Å². The number of benzene rings is 1. The van der Waals surface area contributed by atoms with Crippen molar-refractivity contribution in [2.45, 2.75) is 59.4 Å². The van der Waals surface area contributed by atoms with Crippen LogP contribution in [0.3, 0.4) is 0 Å². The number of Topliss-reactive ketones (excluding diaryl/α,β-unsaturated/α-hetero) is 1. The molecule has 188 valence electrons. The van der Waals surface area contributed by atoms with Crippen molar-refractivity contribution in [1.29, 1.82) is 0 Å². The van der Waals surface area contributed by atoms with E-state index in [1.807, 2.05) is 31.4 Å². The summed E-state index contributed by atoms with van der Waals surface area (Å²) in [5, 5.41) is 11.7. The average Bonchev–Trinajstić information content (AvgIpc) is 3.44. The predicted molar refractivity (Wildman–Crippen MR) is 137 cm³/mol. The lowest BCUT2D eigenvalue weighted by Gasteiger charge is -2.22. The van der Waals surface area contributed by atoms with Crippen molar-refractivity contribution in [2.24, 2.45) is 17.7 Å². The molecule has 1 amide bonds. The lowest BCUT2D eigenvalue weighted by molar-refractivity contribution is -0.146. The number of aromatic nitrogens is 2. The quantitative estimate of drug-likeness (QED) is 0.123. The van der Waals surface area contributed by atoms with Gasteiger partial charge in [-0.2, -0.15) is 0 Å². The maximum Gasteiger partial charge on any atom is 0.324 e. The van der Waals surface area contributed by atoms with E-state index in [2.05, 4.69) is 24.5 Å². The van der Waals surface area contributed by atoms with Crippen LogP contribution in [0.25, 0.3) is 11.0 Å². The van der Waals surface area contributed by atoms with Crippen LogP contribution in [0, 0.1) is 11.8 Å². The van der Waals surface area contributed by atoms with Gasteiger partial charge in [0.1, 0.15) is 18.3 Å². The second-order valence-electron chi connectivity index (χ2n) is 9.23. The van der Waals surface area contributed by atoms with Crippen molar-refractivity contribution < 1.29 is 19.5 Å². The summed E-state index contributed by atoms with van der Waals surface area (Å²) >= 11 is 1.69. The van der Waals surface area contributed by atoms with Crippen molar-refractivity contribution >= 4 is 40.0 Å². The van der Waals surface area contributed by atoms with E-state index >= 15 is 0 Å². The first-order valence-corrected chi connectivity index (χ1v) is 12.9. The number of carboxylic acids is 1. The van der Waals surface area contributed by atoms with Crippen LogP contribution in [0.2, 0.25) is 0 Å². The fourth-order valence-electron chi connectivity index (χ4n) is 4.47. The zero-order valence-corrected chi connectivity index (χ0v) is 21.5. The number of rotatable bonds is 12. The molecule has 1 atom stereocenters. The van der Waals surface area contributed by atoms with Crippen molar-refractivity contribution in [1.82, 2.24) is 14.6 Å². The highest BCUT2D eigenvalue weighted by Gasteiger charge is 2.32. The average molecular weight is 499 g/mol. The third-order valence-corrected chi connectivity index (χ3v) is 7.05. The number of nitrogens with two attached hydrogens (primary N) is 1. The van der Waals surface area contributed by atoms with Gasteiger partial charge in [0.2, 0.25) is 5.91 Å². The van der Waals surface area contributed by atoms with E-state index < -0.39 is 24.3 Å². The maximum absolute atomic E-state index is 13.5. The molecule has 0 saturated heterocycles. The Morgan fingerprint density at radius 1 is 1.17 bits per heavy atom. The Balaban J connectivity index is 2.02. The molecule has 3 N–H and O–H groups in total. The van der Waals surface area contributed by atoms with E-state index in [1.165, 1.54) is 4.88 Å². The summed E-state index contributed by atoms with van der Waals surface area (Å²) in [7, 11) is 0. The third kappa shape index (κ3) is 6.15. The lowest BCUT2D eigenvalue weighted by Crippen LogP contribution is -2.46. The second-order valence-corrected chi connectivity index (χ2v) is 10.3. The summed E-state index contributed by atoms with van der Waals surface area (Å²) in [6.07, 6.45) is 2.90. The summed E-state index contributed by atoms with van der Waals surface area (Å²) in [4.78, 5) is 43.5. The number of hydrogen-bond donors (Lipinski definition) is 2. The summed E-state index contributed by atoms with van der Waals surface area (Å²) in [6, 6.07) is 9.78. The Morgan fingerprint density at radius 2 is 1.89 bits per heavy atom. The highest BCUT2D eigenvalue weighted by atomic mass is 32.1. The number of carbonyl (C=O) groups excluding carboxylic acids is 2. The molecule has 0 aliphatic heterocycles. The first-order chi connectivity index (χ1) is 16.7. The number of hydrazine groups is 1. The molecule has 2 heterocycles. The van der Waals surface area contributed by atoms with Gasteiger partial charge in [0.05, 0.1) is 11.0 Å². The van der Waals surface area contributed by atoms with E-state index in [4.69, 9.17) is 15.9 Å². The summed E-state index contributed by atoms with van der Waals surface area (Å²) in [5.74, 6) is 3.34. The van der Waals surface area contributed by atoms with Crippen molar-refractivity contribution in [3.8, 4) is 0 Å². The molecule has 3 rings (SSSR count). The van der Waals surface area contributed by atoms with Gasteiger partial charge in [-0.3, -0.25) is 19.4 Å². The minimum absolute atomic E-state index is 0.0429. The molecule has 3 aromatic rings. The number of aliphatic carboxylic acids is 1. The number of imidazole rings is 1.